The number of hydrogen-bond acceptors (Lipinski definition) is 4. The lowest BCUT2D eigenvalue weighted by molar-refractivity contribution is 0.0977. The Balaban J connectivity index is 1.85. The molecule has 31 heavy (non-hydrogen) atoms. The van der Waals surface area contributed by atoms with E-state index in [4.69, 9.17) is 14.2 Å². The molecule has 160 valence electrons. The Labute approximate surface area is 183 Å². The summed E-state index contributed by atoms with van der Waals surface area (Å²) >= 11 is 0. The minimum Gasteiger partial charge on any atom is -0.494 e. The van der Waals surface area contributed by atoms with E-state index in [0.717, 1.165) is 22.6 Å². The van der Waals surface area contributed by atoms with Crippen LogP contribution >= 0.6 is 0 Å². The van der Waals surface area contributed by atoms with Crippen molar-refractivity contribution in [3.05, 3.63) is 83.4 Å². The third-order valence-electron chi connectivity index (χ3n) is 5.80. The zero-order chi connectivity index (χ0) is 22.0. The maximum Gasteiger partial charge on any atom is 0.258 e. The standard InChI is InChI=1S/C26H27NO4/c1-5-31-20-12-13-22-21(16-20)17(2)25(19-11-14-23(29-3)24(15-19)30-4)27(22)26(28)18-9-7-6-8-10-18/h6-17,25H,5H2,1-4H3/t17-,25-/m1/s1. The summed E-state index contributed by atoms with van der Waals surface area (Å²) in [6, 6.07) is 21.0. The summed E-state index contributed by atoms with van der Waals surface area (Å²) in [7, 11) is 3.24. The van der Waals surface area contributed by atoms with E-state index in [-0.39, 0.29) is 17.9 Å². The highest BCUT2D eigenvalue weighted by Gasteiger charge is 2.41. The molecule has 1 aliphatic rings. The largest absolute Gasteiger partial charge is 0.494 e. The van der Waals surface area contributed by atoms with E-state index in [1.807, 2.05) is 72.5 Å². The van der Waals surface area contributed by atoms with E-state index in [0.29, 0.717) is 23.7 Å². The second-order valence-electron chi connectivity index (χ2n) is 7.54. The molecule has 2 atom stereocenters. The molecular weight excluding hydrogens is 390 g/mol. The quantitative estimate of drug-likeness (QED) is 0.523. The fraction of sp³-hybridized carbons (Fsp3) is 0.269. The summed E-state index contributed by atoms with van der Waals surface area (Å²) in [6.07, 6.45) is 0. The third-order valence-corrected chi connectivity index (χ3v) is 5.80. The number of methoxy groups -OCH3 is 2. The number of hydrogen-bond donors (Lipinski definition) is 0. The van der Waals surface area contributed by atoms with Crippen LogP contribution in [-0.2, 0) is 0 Å². The van der Waals surface area contributed by atoms with Gasteiger partial charge >= 0.3 is 0 Å². The van der Waals surface area contributed by atoms with Crippen LogP contribution in [0, 0.1) is 0 Å². The molecule has 0 saturated carbocycles. The van der Waals surface area contributed by atoms with Gasteiger partial charge in [0.05, 0.1) is 26.9 Å². The number of nitrogens with zero attached hydrogens (tertiary/aromatic N) is 1. The highest BCUT2D eigenvalue weighted by Crippen LogP contribution is 2.51. The number of carbonyl (C=O) groups excluding carboxylic acids is 1. The van der Waals surface area contributed by atoms with Gasteiger partial charge in [-0.2, -0.15) is 0 Å². The van der Waals surface area contributed by atoms with Crippen molar-refractivity contribution in [3.63, 3.8) is 0 Å². The fourth-order valence-electron chi connectivity index (χ4n) is 4.35. The van der Waals surface area contributed by atoms with E-state index in [1.54, 1.807) is 14.2 Å². The molecule has 4 rings (SSSR count). The van der Waals surface area contributed by atoms with Crippen molar-refractivity contribution >= 4 is 11.6 Å². The Morgan fingerprint density at radius 3 is 2.35 bits per heavy atom. The second-order valence-corrected chi connectivity index (χ2v) is 7.54. The van der Waals surface area contributed by atoms with Gasteiger partial charge in [0.25, 0.3) is 5.91 Å². The van der Waals surface area contributed by atoms with Crippen LogP contribution in [0.5, 0.6) is 17.2 Å². The molecular formula is C26H27NO4. The zero-order valence-electron chi connectivity index (χ0n) is 18.3. The van der Waals surface area contributed by atoms with E-state index in [1.165, 1.54) is 0 Å². The topological polar surface area (TPSA) is 48.0 Å². The highest BCUT2D eigenvalue weighted by atomic mass is 16.5. The van der Waals surface area contributed by atoms with Crippen LogP contribution in [0.3, 0.4) is 0 Å². The first kappa shape index (κ1) is 20.8. The Hall–Kier alpha value is -3.47. The van der Waals surface area contributed by atoms with Crippen LogP contribution in [0.4, 0.5) is 5.69 Å². The first-order valence-corrected chi connectivity index (χ1v) is 10.5. The molecule has 0 fully saturated rings. The fourth-order valence-corrected chi connectivity index (χ4v) is 4.35. The third kappa shape index (κ3) is 3.72. The molecule has 0 saturated heterocycles. The average Bonchev–Trinajstić information content (AvgIpc) is 3.10. The molecule has 0 aliphatic carbocycles. The molecule has 0 aromatic heterocycles. The van der Waals surface area contributed by atoms with Crippen molar-refractivity contribution in [2.45, 2.75) is 25.8 Å². The summed E-state index contributed by atoms with van der Waals surface area (Å²) in [5.41, 5.74) is 3.64. The van der Waals surface area contributed by atoms with Gasteiger partial charge < -0.3 is 14.2 Å². The lowest BCUT2D eigenvalue weighted by atomic mass is 9.91. The summed E-state index contributed by atoms with van der Waals surface area (Å²) in [5, 5.41) is 0. The minimum atomic E-state index is -0.181. The van der Waals surface area contributed by atoms with Gasteiger partial charge in [0.2, 0.25) is 0 Å². The molecule has 3 aromatic carbocycles. The highest BCUT2D eigenvalue weighted by molar-refractivity contribution is 6.08. The lowest BCUT2D eigenvalue weighted by Crippen LogP contribution is -2.33. The molecule has 1 amide bonds. The summed E-state index contributed by atoms with van der Waals surface area (Å²) in [5.74, 6) is 2.16. The van der Waals surface area contributed by atoms with Crippen molar-refractivity contribution in [2.75, 3.05) is 25.7 Å². The number of anilines is 1. The predicted molar refractivity (Wildman–Crippen MR) is 122 cm³/mol. The number of ether oxygens (including phenoxy) is 3. The van der Waals surface area contributed by atoms with Crippen LogP contribution in [0.15, 0.2) is 66.7 Å². The van der Waals surface area contributed by atoms with Crippen molar-refractivity contribution in [2.24, 2.45) is 0 Å². The molecule has 0 unspecified atom stereocenters. The van der Waals surface area contributed by atoms with E-state index >= 15 is 0 Å². The zero-order valence-corrected chi connectivity index (χ0v) is 18.3. The van der Waals surface area contributed by atoms with Gasteiger partial charge in [0.15, 0.2) is 11.5 Å². The van der Waals surface area contributed by atoms with Gasteiger partial charge in [0.1, 0.15) is 5.75 Å². The average molecular weight is 418 g/mol. The van der Waals surface area contributed by atoms with E-state index < -0.39 is 0 Å². The molecule has 5 nitrogen and oxygen atoms in total. The Morgan fingerprint density at radius 2 is 1.68 bits per heavy atom. The van der Waals surface area contributed by atoms with E-state index in [2.05, 4.69) is 13.0 Å². The monoisotopic (exact) mass is 417 g/mol. The van der Waals surface area contributed by atoms with E-state index in [9.17, 15) is 4.79 Å². The van der Waals surface area contributed by atoms with Crippen molar-refractivity contribution < 1.29 is 19.0 Å². The normalized spacial score (nSPS) is 17.2. The van der Waals surface area contributed by atoms with Crippen LogP contribution < -0.4 is 19.1 Å². The maximum atomic E-state index is 13.7. The number of benzene rings is 3. The van der Waals surface area contributed by atoms with Crippen LogP contribution in [0.25, 0.3) is 0 Å². The lowest BCUT2D eigenvalue weighted by Gasteiger charge is -2.29. The summed E-state index contributed by atoms with van der Waals surface area (Å²) in [6.45, 7) is 4.71. The Morgan fingerprint density at radius 1 is 0.935 bits per heavy atom. The van der Waals surface area contributed by atoms with Gasteiger partial charge in [0, 0.05) is 17.2 Å². The number of carbonyl (C=O) groups is 1. The van der Waals surface area contributed by atoms with Gasteiger partial charge in [-0.15, -0.1) is 0 Å². The molecule has 0 spiro atoms. The molecule has 1 heterocycles. The molecule has 1 aliphatic heterocycles. The molecule has 5 heteroatoms. The van der Waals surface area contributed by atoms with Gasteiger partial charge in [-0.3, -0.25) is 9.69 Å². The Bertz CT molecular complexity index is 1080. The number of fused-ring (bicyclic) bond motifs is 1. The molecule has 3 aromatic rings. The molecule has 0 radical (unpaired) electrons. The summed E-state index contributed by atoms with van der Waals surface area (Å²) in [4.78, 5) is 15.6. The van der Waals surface area contributed by atoms with Crippen LogP contribution in [0.2, 0.25) is 0 Å². The molecule has 0 N–H and O–H groups in total. The van der Waals surface area contributed by atoms with Crippen molar-refractivity contribution in [1.82, 2.24) is 0 Å². The van der Waals surface area contributed by atoms with Crippen LogP contribution in [-0.4, -0.2) is 26.7 Å². The van der Waals surface area contributed by atoms with Crippen molar-refractivity contribution in [1.29, 1.82) is 0 Å². The number of amides is 1. The first-order valence-electron chi connectivity index (χ1n) is 10.5. The second kappa shape index (κ2) is 8.72. The maximum absolute atomic E-state index is 13.7. The van der Waals surface area contributed by atoms with Gasteiger partial charge in [-0.25, -0.2) is 0 Å². The first-order chi connectivity index (χ1) is 15.1. The van der Waals surface area contributed by atoms with Crippen LogP contribution in [0.1, 0.15) is 47.3 Å². The predicted octanol–water partition coefficient (Wildman–Crippen LogP) is 5.61. The SMILES string of the molecule is CCOc1ccc2c(c1)[C@@H](C)[C@H](c1ccc(OC)c(OC)c1)N2C(=O)c1ccccc1. The Kier molecular flexibility index (Phi) is 5.85. The molecule has 0 bridgehead atoms. The smallest absolute Gasteiger partial charge is 0.258 e. The number of rotatable bonds is 6. The minimum absolute atomic E-state index is 0.0323. The van der Waals surface area contributed by atoms with Crippen molar-refractivity contribution in [3.8, 4) is 17.2 Å². The van der Waals surface area contributed by atoms with Gasteiger partial charge in [-0.1, -0.05) is 31.2 Å². The van der Waals surface area contributed by atoms with Gasteiger partial charge in [-0.05, 0) is 60.5 Å². The summed E-state index contributed by atoms with van der Waals surface area (Å²) < 4.78 is 16.7.